The van der Waals surface area contributed by atoms with Crippen molar-refractivity contribution < 1.29 is 13.2 Å². The number of anilines is 1. The molecule has 5 aromatic rings. The van der Waals surface area contributed by atoms with Crippen LogP contribution in [0.15, 0.2) is 70.6 Å². The fourth-order valence-electron chi connectivity index (χ4n) is 4.60. The summed E-state index contributed by atoms with van der Waals surface area (Å²) >= 11 is 2.86. The molecular weight excluding hydrogens is 541 g/mol. The fourth-order valence-corrected chi connectivity index (χ4v) is 7.89. The Labute approximate surface area is 228 Å². The number of rotatable bonds is 8. The van der Waals surface area contributed by atoms with Crippen LogP contribution in [0.3, 0.4) is 0 Å². The number of nitrogens with one attached hydrogen (secondary N) is 1. The zero-order chi connectivity index (χ0) is 26.1. The predicted octanol–water partition coefficient (Wildman–Crippen LogP) is 5.01. The van der Waals surface area contributed by atoms with E-state index in [1.807, 2.05) is 30.5 Å². The molecule has 5 heterocycles. The first kappa shape index (κ1) is 25.0. The highest BCUT2D eigenvalue weighted by Gasteiger charge is 2.25. The first-order chi connectivity index (χ1) is 18.5. The van der Waals surface area contributed by atoms with E-state index >= 15 is 0 Å². The lowest BCUT2D eigenvalue weighted by atomic mass is 10.1. The van der Waals surface area contributed by atoms with Gasteiger partial charge in [-0.3, -0.25) is 9.21 Å². The molecule has 1 aliphatic heterocycles. The largest absolute Gasteiger partial charge is 0.460 e. The number of benzene rings is 1. The number of aromatic amines is 1. The summed E-state index contributed by atoms with van der Waals surface area (Å²) in [5.41, 5.74) is 2.25. The first-order valence-corrected chi connectivity index (χ1v) is 15.4. The smallest absolute Gasteiger partial charge is 0.316 e. The first-order valence-electron chi connectivity index (χ1n) is 12.2. The number of nitrogens with zero attached hydrogens (tertiary/aromatic N) is 5. The monoisotopic (exact) mass is 566 g/mol. The highest BCUT2D eigenvalue weighted by Crippen LogP contribution is 2.35. The van der Waals surface area contributed by atoms with Crippen LogP contribution in [0.1, 0.15) is 17.7 Å². The van der Waals surface area contributed by atoms with Crippen molar-refractivity contribution >= 4 is 49.3 Å². The minimum absolute atomic E-state index is 0.132. The van der Waals surface area contributed by atoms with Crippen LogP contribution in [0.4, 0.5) is 5.69 Å². The zero-order valence-corrected chi connectivity index (χ0v) is 23.1. The molecule has 6 rings (SSSR count). The summed E-state index contributed by atoms with van der Waals surface area (Å²) in [5.74, 6) is 0. The Kier molecular flexibility index (Phi) is 6.87. The summed E-state index contributed by atoms with van der Waals surface area (Å²) in [7, 11) is -2.04. The molecule has 38 heavy (non-hydrogen) atoms. The van der Waals surface area contributed by atoms with Gasteiger partial charge in [0.05, 0.1) is 16.9 Å². The van der Waals surface area contributed by atoms with E-state index in [4.69, 9.17) is 4.74 Å². The number of piperidine rings is 1. The van der Waals surface area contributed by atoms with Gasteiger partial charge in [0.25, 0.3) is 10.0 Å². The van der Waals surface area contributed by atoms with Crippen molar-refractivity contribution in [1.29, 1.82) is 0 Å². The van der Waals surface area contributed by atoms with Crippen molar-refractivity contribution in [2.24, 2.45) is 0 Å². The van der Waals surface area contributed by atoms with Crippen LogP contribution in [0.2, 0.25) is 0 Å². The van der Waals surface area contributed by atoms with E-state index in [0.29, 0.717) is 15.9 Å². The van der Waals surface area contributed by atoms with E-state index in [1.54, 1.807) is 54.4 Å². The van der Waals surface area contributed by atoms with Gasteiger partial charge in [-0.1, -0.05) is 18.2 Å². The third-order valence-corrected chi connectivity index (χ3v) is 10.8. The Balaban J connectivity index is 1.14. The molecule has 1 saturated heterocycles. The molecule has 12 heteroatoms. The van der Waals surface area contributed by atoms with Crippen LogP contribution >= 0.6 is 22.7 Å². The molecule has 196 valence electrons. The van der Waals surface area contributed by atoms with Crippen LogP contribution in [0.25, 0.3) is 21.6 Å². The molecule has 0 radical (unpaired) electrons. The number of likely N-dealkylation sites (tertiary alicyclic amines) is 1. The number of para-hydroxylation sites is 1. The highest BCUT2D eigenvalue weighted by molar-refractivity contribution is 7.94. The van der Waals surface area contributed by atoms with Crippen LogP contribution in [0.5, 0.6) is 6.01 Å². The van der Waals surface area contributed by atoms with Gasteiger partial charge in [-0.15, -0.1) is 22.7 Å². The predicted molar refractivity (Wildman–Crippen MR) is 150 cm³/mol. The summed E-state index contributed by atoms with van der Waals surface area (Å²) in [4.78, 5) is 20.0. The van der Waals surface area contributed by atoms with Gasteiger partial charge in [0.15, 0.2) is 0 Å². The van der Waals surface area contributed by atoms with Crippen molar-refractivity contribution in [1.82, 2.24) is 24.8 Å². The molecule has 1 N–H and O–H groups in total. The van der Waals surface area contributed by atoms with Gasteiger partial charge in [0.2, 0.25) is 0 Å². The number of sulfonamides is 1. The number of H-pyrrole nitrogens is 1. The second kappa shape index (κ2) is 10.4. The number of hydrogen-bond acceptors (Lipinski definition) is 9. The quantitative estimate of drug-likeness (QED) is 0.282. The SMILES string of the molecule is CN(c1cccc2cc(-c3ncc(CN4CCC(Oc5ncccn5)CC4)s3)[nH]c12)S(=O)(=O)c1cccs1. The summed E-state index contributed by atoms with van der Waals surface area (Å²) in [5, 5.41) is 3.58. The molecule has 0 saturated carbocycles. The molecule has 1 fully saturated rings. The number of fused-ring (bicyclic) bond motifs is 1. The normalized spacial score (nSPS) is 15.2. The van der Waals surface area contributed by atoms with E-state index in [-0.39, 0.29) is 6.10 Å². The van der Waals surface area contributed by atoms with E-state index in [1.165, 1.54) is 20.5 Å². The van der Waals surface area contributed by atoms with E-state index in [9.17, 15) is 8.42 Å². The summed E-state index contributed by atoms with van der Waals surface area (Å²) in [6.07, 6.45) is 7.30. The van der Waals surface area contributed by atoms with Crippen molar-refractivity contribution in [2.45, 2.75) is 29.7 Å². The third-order valence-electron chi connectivity index (χ3n) is 6.60. The van der Waals surface area contributed by atoms with Gasteiger partial charge in [-0.25, -0.2) is 23.4 Å². The van der Waals surface area contributed by atoms with Gasteiger partial charge in [0.1, 0.15) is 15.3 Å². The number of aromatic nitrogens is 4. The molecule has 0 spiro atoms. The summed E-state index contributed by atoms with van der Waals surface area (Å²) in [6, 6.07) is 13.3. The minimum Gasteiger partial charge on any atom is -0.460 e. The number of ether oxygens (including phenoxy) is 1. The Bertz CT molecular complexity index is 1630. The lowest BCUT2D eigenvalue weighted by molar-refractivity contribution is 0.0897. The average molecular weight is 567 g/mol. The molecule has 0 unspecified atom stereocenters. The van der Waals surface area contributed by atoms with E-state index < -0.39 is 10.0 Å². The highest BCUT2D eigenvalue weighted by atomic mass is 32.2. The van der Waals surface area contributed by atoms with Gasteiger partial charge in [-0.05, 0) is 42.5 Å². The Hall–Kier alpha value is -3.32. The molecule has 0 aliphatic carbocycles. The second-order valence-corrected chi connectivity index (χ2v) is 13.3. The molecule has 0 bridgehead atoms. The van der Waals surface area contributed by atoms with E-state index in [0.717, 1.165) is 54.1 Å². The average Bonchev–Trinajstić information content (AvgIpc) is 3.71. The van der Waals surface area contributed by atoms with Crippen LogP contribution in [-0.2, 0) is 16.6 Å². The molecule has 1 aliphatic rings. The maximum absolute atomic E-state index is 13.1. The number of hydrogen-bond donors (Lipinski definition) is 1. The molecular formula is C26H26N6O3S3. The Morgan fingerprint density at radius 2 is 1.92 bits per heavy atom. The van der Waals surface area contributed by atoms with E-state index in [2.05, 4.69) is 24.8 Å². The van der Waals surface area contributed by atoms with Gasteiger partial charge < -0.3 is 9.72 Å². The van der Waals surface area contributed by atoms with Gasteiger partial charge in [0, 0.05) is 55.5 Å². The van der Waals surface area contributed by atoms with Crippen molar-refractivity contribution in [3.05, 3.63) is 71.3 Å². The second-order valence-electron chi connectivity index (χ2n) is 9.09. The van der Waals surface area contributed by atoms with Crippen molar-refractivity contribution in [3.63, 3.8) is 0 Å². The lowest BCUT2D eigenvalue weighted by Gasteiger charge is -2.31. The topological polar surface area (TPSA) is 104 Å². The molecule has 9 nitrogen and oxygen atoms in total. The molecule has 0 amide bonds. The fraction of sp³-hybridized carbons (Fsp3) is 0.269. The van der Waals surface area contributed by atoms with Crippen LogP contribution in [0, 0.1) is 0 Å². The molecule has 1 aromatic carbocycles. The minimum atomic E-state index is -3.63. The van der Waals surface area contributed by atoms with Gasteiger partial charge in [-0.2, -0.15) is 0 Å². The molecule has 0 atom stereocenters. The standard InChI is InChI=1S/C26H26N6O3S3/c1-31(38(33,34)23-7-3-14-36-23)22-6-2-5-18-15-21(30-24(18)22)25-29-16-20(37-25)17-32-12-8-19(9-13-32)35-26-27-10-4-11-28-26/h2-7,10-11,14-16,19,30H,8-9,12-13,17H2,1H3. The maximum atomic E-state index is 13.1. The Morgan fingerprint density at radius 1 is 1.11 bits per heavy atom. The third kappa shape index (κ3) is 5.04. The summed E-state index contributed by atoms with van der Waals surface area (Å²) in [6.45, 7) is 2.70. The maximum Gasteiger partial charge on any atom is 0.316 e. The molecule has 4 aromatic heterocycles. The lowest BCUT2D eigenvalue weighted by Crippen LogP contribution is -2.37. The zero-order valence-electron chi connectivity index (χ0n) is 20.6. The van der Waals surface area contributed by atoms with Crippen LogP contribution in [-0.4, -0.2) is 59.5 Å². The summed E-state index contributed by atoms with van der Waals surface area (Å²) < 4.78 is 33.8. The van der Waals surface area contributed by atoms with Gasteiger partial charge >= 0.3 is 6.01 Å². The van der Waals surface area contributed by atoms with Crippen molar-refractivity contribution in [2.75, 3.05) is 24.4 Å². The van der Waals surface area contributed by atoms with Crippen LogP contribution < -0.4 is 9.04 Å². The number of thiophene rings is 1. The number of thiazole rings is 1. The Morgan fingerprint density at radius 3 is 2.68 bits per heavy atom. The van der Waals surface area contributed by atoms with Crippen molar-refractivity contribution in [3.8, 4) is 16.7 Å².